The minimum absolute atomic E-state index is 0.197. The van der Waals surface area contributed by atoms with Crippen LogP contribution in [0.25, 0.3) is 17.1 Å². The fourth-order valence-electron chi connectivity index (χ4n) is 2.71. The normalized spacial score (nSPS) is 11.0. The maximum atomic E-state index is 9.42. The number of benzene rings is 2. The smallest absolute Gasteiger partial charge is 0.226 e. The molecule has 0 spiro atoms. The quantitative estimate of drug-likeness (QED) is 0.525. The number of aromatic hydroxyl groups is 1. The molecule has 1 N–H and O–H groups in total. The second-order valence-electron chi connectivity index (χ2n) is 6.14. The fourth-order valence-corrected chi connectivity index (χ4v) is 3.48. The number of aryl methyl sites for hydroxylation is 2. The van der Waals surface area contributed by atoms with Gasteiger partial charge in [0, 0.05) is 11.3 Å². The van der Waals surface area contributed by atoms with Gasteiger partial charge in [-0.05, 0) is 60.2 Å². The van der Waals surface area contributed by atoms with Crippen molar-refractivity contribution in [2.75, 3.05) is 0 Å². The van der Waals surface area contributed by atoms with E-state index in [0.29, 0.717) is 16.8 Å². The maximum absolute atomic E-state index is 9.42. The Kier molecular flexibility index (Phi) is 4.64. The second kappa shape index (κ2) is 7.24. The maximum Gasteiger partial charge on any atom is 0.226 e. The number of thioether (sulfide) groups is 1. The molecule has 0 aliphatic heterocycles. The van der Waals surface area contributed by atoms with Crippen LogP contribution in [-0.2, 0) is 5.75 Å². The highest BCUT2D eigenvalue weighted by atomic mass is 32.2. The molecule has 0 aliphatic rings. The average molecular weight is 379 g/mol. The Morgan fingerprint density at radius 3 is 2.70 bits per heavy atom. The summed E-state index contributed by atoms with van der Waals surface area (Å²) in [6.07, 6.45) is 1.66. The molecule has 0 bridgehead atoms. The summed E-state index contributed by atoms with van der Waals surface area (Å²) < 4.78 is 7.28. The van der Waals surface area contributed by atoms with E-state index in [1.165, 1.54) is 17.3 Å². The molecule has 0 atom stereocenters. The van der Waals surface area contributed by atoms with Crippen molar-refractivity contribution in [3.8, 4) is 22.9 Å². The predicted octanol–water partition coefficient (Wildman–Crippen LogP) is 3.93. The van der Waals surface area contributed by atoms with E-state index >= 15 is 0 Å². The van der Waals surface area contributed by atoms with E-state index in [2.05, 4.69) is 33.5 Å². The summed E-state index contributed by atoms with van der Waals surface area (Å²) in [5.41, 5.74) is 4.92. The third-order valence-electron chi connectivity index (χ3n) is 4.05. The SMILES string of the molecule is Cc1ccc(-c2nc(CSc3nnnn3-c3ccc(O)cc3)co2)c(C)c1. The number of aromatic nitrogens is 5. The first-order valence-corrected chi connectivity index (χ1v) is 9.31. The Morgan fingerprint density at radius 1 is 1.11 bits per heavy atom. The standard InChI is InChI=1S/C19H17N5O2S/c1-12-3-8-17(13(2)9-12)18-20-14(10-26-18)11-27-19-21-22-23-24(19)15-4-6-16(25)7-5-15/h3-10,25H,11H2,1-2H3. The third-order valence-corrected chi connectivity index (χ3v) is 5.00. The molecule has 8 heteroatoms. The molecule has 2 aromatic carbocycles. The Morgan fingerprint density at radius 2 is 1.93 bits per heavy atom. The van der Waals surface area contributed by atoms with Crippen molar-refractivity contribution in [2.45, 2.75) is 24.8 Å². The molecule has 0 saturated heterocycles. The summed E-state index contributed by atoms with van der Waals surface area (Å²) in [5.74, 6) is 1.39. The Hall–Kier alpha value is -3.13. The Labute approximate surface area is 160 Å². The van der Waals surface area contributed by atoms with Gasteiger partial charge in [-0.1, -0.05) is 29.5 Å². The van der Waals surface area contributed by atoms with Gasteiger partial charge in [0.2, 0.25) is 11.0 Å². The van der Waals surface area contributed by atoms with Crippen molar-refractivity contribution in [2.24, 2.45) is 0 Å². The number of phenolic OH excluding ortho intramolecular Hbond substituents is 1. The van der Waals surface area contributed by atoms with E-state index in [4.69, 9.17) is 4.42 Å². The van der Waals surface area contributed by atoms with Crippen LogP contribution >= 0.6 is 11.8 Å². The van der Waals surface area contributed by atoms with Gasteiger partial charge >= 0.3 is 0 Å². The van der Waals surface area contributed by atoms with Crippen LogP contribution in [0.4, 0.5) is 0 Å². The monoisotopic (exact) mass is 379 g/mol. The van der Waals surface area contributed by atoms with Crippen LogP contribution in [0, 0.1) is 13.8 Å². The molecule has 0 unspecified atom stereocenters. The van der Waals surface area contributed by atoms with Gasteiger partial charge in [-0.25, -0.2) is 4.98 Å². The largest absolute Gasteiger partial charge is 0.508 e. The van der Waals surface area contributed by atoms with Crippen LogP contribution in [0.1, 0.15) is 16.8 Å². The van der Waals surface area contributed by atoms with Gasteiger partial charge in [0.25, 0.3) is 0 Å². The summed E-state index contributed by atoms with van der Waals surface area (Å²) in [4.78, 5) is 4.59. The Bertz CT molecular complexity index is 1070. The summed E-state index contributed by atoms with van der Waals surface area (Å²) in [6, 6.07) is 12.9. The first kappa shape index (κ1) is 17.3. The fraction of sp³-hybridized carbons (Fsp3) is 0.158. The number of rotatable bonds is 5. The minimum atomic E-state index is 0.197. The molecule has 2 heterocycles. The van der Waals surface area contributed by atoms with Crippen LogP contribution in [-0.4, -0.2) is 30.3 Å². The van der Waals surface area contributed by atoms with Gasteiger partial charge in [-0.3, -0.25) is 0 Å². The summed E-state index contributed by atoms with van der Waals surface area (Å²) in [5, 5.41) is 21.9. The molecule has 2 aromatic heterocycles. The van der Waals surface area contributed by atoms with Gasteiger partial charge < -0.3 is 9.52 Å². The zero-order valence-corrected chi connectivity index (χ0v) is 15.6. The molecule has 0 fully saturated rings. The highest BCUT2D eigenvalue weighted by Crippen LogP contribution is 2.27. The lowest BCUT2D eigenvalue weighted by Crippen LogP contribution is -1.98. The van der Waals surface area contributed by atoms with E-state index < -0.39 is 0 Å². The average Bonchev–Trinajstić information content (AvgIpc) is 3.30. The van der Waals surface area contributed by atoms with E-state index in [-0.39, 0.29) is 5.75 Å². The van der Waals surface area contributed by atoms with Gasteiger partial charge in [-0.2, -0.15) is 4.68 Å². The molecular weight excluding hydrogens is 362 g/mol. The number of hydrogen-bond acceptors (Lipinski definition) is 7. The number of tetrazole rings is 1. The van der Waals surface area contributed by atoms with E-state index in [1.54, 1.807) is 35.2 Å². The summed E-state index contributed by atoms with van der Waals surface area (Å²) in [6.45, 7) is 4.11. The molecule has 4 rings (SSSR count). The molecule has 4 aromatic rings. The summed E-state index contributed by atoms with van der Waals surface area (Å²) in [7, 11) is 0. The van der Waals surface area contributed by atoms with Gasteiger partial charge in [0.05, 0.1) is 11.4 Å². The molecule has 0 saturated carbocycles. The first-order chi connectivity index (χ1) is 13.1. The number of phenols is 1. The van der Waals surface area contributed by atoms with Crippen molar-refractivity contribution >= 4 is 11.8 Å². The van der Waals surface area contributed by atoms with Gasteiger partial charge in [0.1, 0.15) is 12.0 Å². The molecule has 0 radical (unpaired) electrons. The predicted molar refractivity (Wildman–Crippen MR) is 102 cm³/mol. The zero-order valence-electron chi connectivity index (χ0n) is 14.8. The van der Waals surface area contributed by atoms with Crippen molar-refractivity contribution in [1.29, 1.82) is 0 Å². The molecule has 27 heavy (non-hydrogen) atoms. The van der Waals surface area contributed by atoms with Crippen LogP contribution in [0.5, 0.6) is 5.75 Å². The molecule has 0 aliphatic carbocycles. The van der Waals surface area contributed by atoms with Gasteiger partial charge in [0.15, 0.2) is 0 Å². The third kappa shape index (κ3) is 3.70. The Balaban J connectivity index is 1.50. The van der Waals surface area contributed by atoms with Crippen molar-refractivity contribution in [3.05, 3.63) is 65.5 Å². The lowest BCUT2D eigenvalue weighted by Gasteiger charge is -2.03. The van der Waals surface area contributed by atoms with Crippen molar-refractivity contribution in [3.63, 3.8) is 0 Å². The van der Waals surface area contributed by atoms with Crippen LogP contribution in [0.3, 0.4) is 0 Å². The van der Waals surface area contributed by atoms with Crippen molar-refractivity contribution < 1.29 is 9.52 Å². The molecule has 136 valence electrons. The zero-order chi connectivity index (χ0) is 18.8. The number of oxazole rings is 1. The summed E-state index contributed by atoms with van der Waals surface area (Å²) >= 11 is 1.46. The number of nitrogens with zero attached hydrogens (tertiary/aromatic N) is 5. The lowest BCUT2D eigenvalue weighted by atomic mass is 10.1. The molecule has 0 amide bonds. The van der Waals surface area contributed by atoms with Crippen LogP contribution in [0.15, 0.2) is 58.3 Å². The van der Waals surface area contributed by atoms with Crippen LogP contribution in [0.2, 0.25) is 0 Å². The topological polar surface area (TPSA) is 89.9 Å². The van der Waals surface area contributed by atoms with E-state index in [9.17, 15) is 5.11 Å². The molecular formula is C19H17N5O2S. The first-order valence-electron chi connectivity index (χ1n) is 8.33. The second-order valence-corrected chi connectivity index (χ2v) is 7.08. The van der Waals surface area contributed by atoms with Crippen LogP contribution < -0.4 is 0 Å². The molecule has 7 nitrogen and oxygen atoms in total. The van der Waals surface area contributed by atoms with Crippen molar-refractivity contribution in [1.82, 2.24) is 25.2 Å². The minimum Gasteiger partial charge on any atom is -0.508 e. The number of hydrogen-bond donors (Lipinski definition) is 1. The highest BCUT2D eigenvalue weighted by molar-refractivity contribution is 7.98. The lowest BCUT2D eigenvalue weighted by molar-refractivity contribution is 0.475. The highest BCUT2D eigenvalue weighted by Gasteiger charge is 2.13. The van der Waals surface area contributed by atoms with Gasteiger partial charge in [-0.15, -0.1) is 5.10 Å². The van der Waals surface area contributed by atoms with E-state index in [0.717, 1.165) is 22.5 Å². The van der Waals surface area contributed by atoms with E-state index in [1.807, 2.05) is 19.1 Å².